The van der Waals surface area contributed by atoms with Crippen LogP contribution in [0.15, 0.2) is 50.6 Å². The fraction of sp³-hybridized carbons (Fsp3) is 0.840. The Hall–Kier alpha value is -3.84. The van der Waals surface area contributed by atoms with Crippen molar-refractivity contribution in [2.45, 2.75) is 471 Å². The second-order valence-corrected chi connectivity index (χ2v) is 95.1. The minimum Gasteiger partial charge on any atom is -0.465 e. The van der Waals surface area contributed by atoms with Gasteiger partial charge in [-0.25, -0.2) is 0 Å². The van der Waals surface area contributed by atoms with Crippen LogP contribution in [0.1, 0.15) is 277 Å². The second kappa shape index (κ2) is 70.9. The van der Waals surface area contributed by atoms with E-state index in [4.69, 9.17) is 63.2 Å². The summed E-state index contributed by atoms with van der Waals surface area (Å²) in [5.41, 5.74) is -3.23. The lowest BCUT2D eigenvalue weighted by Crippen LogP contribution is -2.42. The quantitative estimate of drug-likeness (QED) is 0.0180. The van der Waals surface area contributed by atoms with Crippen LogP contribution in [0.2, 0.25) is 194 Å². The van der Waals surface area contributed by atoms with Gasteiger partial charge in [-0.15, -0.1) is 0 Å². The molecule has 33 heteroatoms. The summed E-state index contributed by atoms with van der Waals surface area (Å²) >= 11 is 0. The molecule has 0 aliphatic carbocycles. The molecule has 0 aliphatic heterocycles. The summed E-state index contributed by atoms with van der Waals surface area (Å²) in [5, 5.41) is 0. The summed E-state index contributed by atoms with van der Waals surface area (Å²) in [7, 11) is -15.3. The molecule has 0 aromatic heterocycles. The molecule has 0 aliphatic rings. The SMILES string of the molecule is C=CCOC(=O)C(C)(C)CC.C=CCOC(=O)C(C)(C)CC.C=CCOC(=O)C(C)(C)CC.C=CCOC(=O)C(C)(C)CC.CCC(C)(C)C(=O)OCCC[Si](C)(C)O[Si](C)(C)C.CCC(C)(C)C(=O)OCCC[Si](C)(C)O[Si](C)(C)C.CCC(C)(C)C(=O)OCCC[Si](C)(C)O[Si](C)(C)C.CCC(C)(C)C(=O)OCCC[Si](C)(C)O[Si](C)(C)C.CCC(C)(C)C(=O)OCCC[Si](C)(C)O[Si](C)(C)C. The molecule has 0 saturated heterocycles. The van der Waals surface area contributed by atoms with Crippen LogP contribution >= 0.6 is 0 Å². The highest BCUT2D eigenvalue weighted by Gasteiger charge is 2.39. The number of esters is 9. The maximum absolute atomic E-state index is 11.8. The molecule has 0 saturated carbocycles. The van der Waals surface area contributed by atoms with Crippen molar-refractivity contribution in [3.8, 4) is 0 Å². The summed E-state index contributed by atoms with van der Waals surface area (Å²) < 4.78 is 77.7. The van der Waals surface area contributed by atoms with E-state index in [-0.39, 0.29) is 102 Å². The molecule has 0 unspecified atom stereocenters. The third-order valence-corrected chi connectivity index (χ3v) is 54.0. The van der Waals surface area contributed by atoms with Gasteiger partial charge in [-0.3, -0.25) is 43.2 Å². The van der Waals surface area contributed by atoms with Gasteiger partial charge < -0.3 is 63.2 Å². The lowest BCUT2D eigenvalue weighted by atomic mass is 9.91. The van der Waals surface area contributed by atoms with E-state index < -0.39 is 83.2 Å². The predicted molar refractivity (Wildman–Crippen MR) is 613 cm³/mol. The molecule has 826 valence electrons. The first-order valence-electron chi connectivity index (χ1n) is 51.6. The van der Waals surface area contributed by atoms with Crippen LogP contribution in [0.5, 0.6) is 0 Å². The zero-order chi connectivity index (χ0) is 112. The van der Waals surface area contributed by atoms with Crippen molar-refractivity contribution >= 4 is 137 Å². The molecule has 0 heterocycles. The van der Waals surface area contributed by atoms with Crippen molar-refractivity contribution in [2.24, 2.45) is 48.7 Å². The minimum atomic E-state index is -1.59. The van der Waals surface area contributed by atoms with Crippen LogP contribution in [0, 0.1) is 48.7 Å². The molecule has 0 N–H and O–H groups in total. The smallest absolute Gasteiger partial charge is 0.311 e. The normalized spacial score (nSPS) is 12.6. The minimum absolute atomic E-state index is 0.0828. The van der Waals surface area contributed by atoms with Crippen LogP contribution < -0.4 is 0 Å². The van der Waals surface area contributed by atoms with E-state index in [2.05, 4.69) is 190 Å². The molecule has 139 heavy (non-hydrogen) atoms. The van der Waals surface area contributed by atoms with E-state index in [0.717, 1.165) is 120 Å². The van der Waals surface area contributed by atoms with Gasteiger partial charge in [0.1, 0.15) is 26.4 Å². The molecule has 23 nitrogen and oxygen atoms in total. The monoisotopic (exact) mass is 2150 g/mol. The third-order valence-electron chi connectivity index (χ3n) is 23.0. The van der Waals surface area contributed by atoms with Gasteiger partial charge in [-0.05, 0) is 408 Å². The Balaban J connectivity index is -0.000000197. The lowest BCUT2D eigenvalue weighted by molar-refractivity contribution is -0.154. The van der Waals surface area contributed by atoms with Crippen LogP contribution in [-0.4, -0.2) is 196 Å². The Morgan fingerprint density at radius 3 is 0.360 bits per heavy atom. The number of hydrogen-bond donors (Lipinski definition) is 0. The highest BCUT2D eigenvalue weighted by atomic mass is 28.4. The number of rotatable bonds is 56. The Kier molecular flexibility index (Phi) is 78.0. The molecule has 0 radical (unpaired) electrons. The van der Waals surface area contributed by atoms with Gasteiger partial charge in [-0.2, -0.15) is 0 Å². The summed E-state index contributed by atoms with van der Waals surface area (Å²) in [4.78, 5) is 104. The van der Waals surface area contributed by atoms with Crippen molar-refractivity contribution in [3.63, 3.8) is 0 Å². The Morgan fingerprint density at radius 1 is 0.187 bits per heavy atom. The Labute approximate surface area is 866 Å². The van der Waals surface area contributed by atoms with Crippen molar-refractivity contribution in [3.05, 3.63) is 50.6 Å². The number of ether oxygens (including phenoxy) is 9. The van der Waals surface area contributed by atoms with Crippen LogP contribution in [0.4, 0.5) is 0 Å². The number of carbonyl (C=O) groups is 9. The second-order valence-electron chi connectivity index (χ2n) is 49.8. The van der Waals surface area contributed by atoms with Crippen molar-refractivity contribution in [1.29, 1.82) is 0 Å². The van der Waals surface area contributed by atoms with Crippen molar-refractivity contribution in [1.82, 2.24) is 0 Å². The first-order chi connectivity index (χ1) is 62.1. The van der Waals surface area contributed by atoms with Crippen LogP contribution in [0.3, 0.4) is 0 Å². The van der Waals surface area contributed by atoms with Gasteiger partial charge in [0.25, 0.3) is 0 Å². The van der Waals surface area contributed by atoms with Gasteiger partial charge in [0.05, 0.1) is 81.8 Å². The van der Waals surface area contributed by atoms with Crippen molar-refractivity contribution < 1.29 is 106 Å². The maximum Gasteiger partial charge on any atom is 0.311 e. The fourth-order valence-corrected chi connectivity index (χ4v) is 51.5. The van der Waals surface area contributed by atoms with E-state index in [0.29, 0.717) is 59.5 Å². The zero-order valence-corrected chi connectivity index (χ0v) is 110. The molecule has 0 spiro atoms. The molecule has 0 bridgehead atoms. The van der Waals surface area contributed by atoms with E-state index >= 15 is 0 Å². The standard InChI is InChI=1S/5C14H32O3Si2.4C9H16O2/c5*1-9-14(2,3)13(15)16-11-10-12-19(7,8)17-18(4,5)6;4*1-5-7-11-8(10)9(3,4)6-2/h5*9-12H2,1-8H3;4*5H,1,6-7H2,2-4H3. The lowest BCUT2D eigenvalue weighted by Gasteiger charge is -2.31. The summed E-state index contributed by atoms with van der Waals surface area (Å²) in [6, 6.07) is 5.26. The molecule has 0 rings (SSSR count). The van der Waals surface area contributed by atoms with Gasteiger partial charge in [-0.1, -0.05) is 113 Å². The van der Waals surface area contributed by atoms with E-state index in [1.165, 1.54) is 0 Å². The van der Waals surface area contributed by atoms with Crippen molar-refractivity contribution in [2.75, 3.05) is 59.5 Å². The average molecular weight is 2150 g/mol. The summed E-state index contributed by atoms with van der Waals surface area (Å²) in [6.45, 7) is 126. The number of carbonyl (C=O) groups excluding carboxylic acids is 9. The summed E-state index contributed by atoms with van der Waals surface area (Å²) in [6.07, 6.45) is 18.1. The Bertz CT molecular complexity index is 2960. The first kappa shape index (κ1) is 153. The van der Waals surface area contributed by atoms with E-state index in [1.54, 1.807) is 24.3 Å². The predicted octanol–water partition coefficient (Wildman–Crippen LogP) is 30.7. The average Bonchev–Trinajstić information content (AvgIpc) is 0.875. The van der Waals surface area contributed by atoms with Crippen LogP contribution in [0.25, 0.3) is 0 Å². The van der Waals surface area contributed by atoms with Gasteiger partial charge in [0.15, 0.2) is 83.2 Å². The Morgan fingerprint density at radius 2 is 0.281 bits per heavy atom. The molecule has 0 aromatic rings. The van der Waals surface area contributed by atoms with E-state index in [1.807, 2.05) is 187 Å². The number of hydrogen-bond acceptors (Lipinski definition) is 23. The van der Waals surface area contributed by atoms with Gasteiger partial charge >= 0.3 is 53.7 Å². The topological polar surface area (TPSA) is 283 Å². The van der Waals surface area contributed by atoms with E-state index in [9.17, 15) is 43.2 Å². The summed E-state index contributed by atoms with van der Waals surface area (Å²) in [5.74, 6) is -1.03. The van der Waals surface area contributed by atoms with Gasteiger partial charge in [0.2, 0.25) is 0 Å². The van der Waals surface area contributed by atoms with Gasteiger partial charge in [0, 0.05) is 0 Å². The largest absolute Gasteiger partial charge is 0.465 e. The van der Waals surface area contributed by atoms with Crippen LogP contribution in [-0.2, 0) is 106 Å². The molecule has 0 fully saturated rings. The molecular formula is C106H224O23Si10. The molecule has 0 aromatic carbocycles. The zero-order valence-electron chi connectivity index (χ0n) is 100. The molecule has 0 amide bonds. The molecule has 0 atom stereocenters. The maximum atomic E-state index is 11.8. The third kappa shape index (κ3) is 88.0. The highest BCUT2D eigenvalue weighted by Crippen LogP contribution is 2.32. The molecular weight excluding hydrogens is 1920 g/mol. The fourth-order valence-electron chi connectivity index (χ4n) is 11.3. The first-order valence-corrected chi connectivity index (χ1v) is 84.3. The highest BCUT2D eigenvalue weighted by molar-refractivity contribution is 6.86.